The van der Waals surface area contributed by atoms with Gasteiger partial charge in [0.25, 0.3) is 0 Å². The SMILES string of the molecule is CN1CC(C(=O)COC(=O)c2cncc(Br)c2)C[C@@H]2c3cccc4[nH]cc(c34)C[C@H]21. The summed E-state index contributed by atoms with van der Waals surface area (Å²) in [5.74, 6) is -0.405. The fraction of sp³-hybridized carbons (Fsp3) is 0.348. The van der Waals surface area contributed by atoms with Gasteiger partial charge in [0.2, 0.25) is 0 Å². The van der Waals surface area contributed by atoms with Crippen LogP contribution < -0.4 is 0 Å². The second-order valence-electron chi connectivity index (χ2n) is 8.27. The van der Waals surface area contributed by atoms with E-state index in [0.29, 0.717) is 28.5 Å². The number of halogens is 1. The second kappa shape index (κ2) is 7.63. The molecule has 6 nitrogen and oxygen atoms in total. The summed E-state index contributed by atoms with van der Waals surface area (Å²) in [6.07, 6.45) is 6.92. The van der Waals surface area contributed by atoms with Crippen molar-refractivity contribution in [2.45, 2.75) is 24.8 Å². The maximum atomic E-state index is 12.9. The molecule has 1 aliphatic heterocycles. The van der Waals surface area contributed by atoms with Gasteiger partial charge < -0.3 is 14.6 Å². The first-order valence-corrected chi connectivity index (χ1v) is 10.9. The molecule has 3 heterocycles. The van der Waals surface area contributed by atoms with E-state index < -0.39 is 5.97 Å². The van der Waals surface area contributed by atoms with Gasteiger partial charge in [-0.25, -0.2) is 4.79 Å². The average molecular weight is 468 g/mol. The number of benzene rings is 1. The van der Waals surface area contributed by atoms with Crippen molar-refractivity contribution in [3.63, 3.8) is 0 Å². The lowest BCUT2D eigenvalue weighted by Crippen LogP contribution is -2.50. The molecule has 2 aliphatic rings. The molecule has 2 aromatic heterocycles. The normalized spacial score (nSPS) is 23.2. The largest absolute Gasteiger partial charge is 0.454 e. The molecule has 30 heavy (non-hydrogen) atoms. The maximum absolute atomic E-state index is 12.9. The van der Waals surface area contributed by atoms with Crippen LogP contribution in [0.5, 0.6) is 0 Å². The number of likely N-dealkylation sites (N-methyl/N-ethyl adjacent to an activating group) is 1. The lowest BCUT2D eigenvalue weighted by Gasteiger charge is -2.45. The van der Waals surface area contributed by atoms with Gasteiger partial charge in [0.15, 0.2) is 12.4 Å². The Labute approximate surface area is 182 Å². The number of aromatic amines is 1. The van der Waals surface area contributed by atoms with Crippen molar-refractivity contribution in [2.24, 2.45) is 5.92 Å². The predicted octanol–water partition coefficient (Wildman–Crippen LogP) is 3.71. The number of ether oxygens (including phenoxy) is 1. The van der Waals surface area contributed by atoms with Crippen molar-refractivity contribution in [3.05, 3.63) is 64.0 Å². The van der Waals surface area contributed by atoms with Gasteiger partial charge in [-0.3, -0.25) is 9.78 Å². The number of nitrogens with zero attached hydrogens (tertiary/aromatic N) is 2. The molecule has 0 spiro atoms. The third-order valence-corrected chi connectivity index (χ3v) is 6.90. The molecule has 3 atom stereocenters. The van der Waals surface area contributed by atoms with Crippen molar-refractivity contribution in [1.29, 1.82) is 0 Å². The van der Waals surface area contributed by atoms with Crippen molar-refractivity contribution in [2.75, 3.05) is 20.2 Å². The Bertz CT molecular complexity index is 1140. The lowest BCUT2D eigenvalue weighted by atomic mass is 9.72. The highest BCUT2D eigenvalue weighted by Crippen LogP contribution is 2.44. The van der Waals surface area contributed by atoms with E-state index in [0.717, 1.165) is 18.4 Å². The number of piperidine rings is 1. The van der Waals surface area contributed by atoms with Gasteiger partial charge in [-0.05, 0) is 59.1 Å². The number of carbonyl (C=O) groups excluding carboxylic acids is 2. The Kier molecular flexibility index (Phi) is 4.95. The molecule has 1 unspecified atom stereocenters. The van der Waals surface area contributed by atoms with Crippen LogP contribution in [0.1, 0.15) is 33.8 Å². The number of esters is 1. The van der Waals surface area contributed by atoms with E-state index in [-0.39, 0.29) is 18.3 Å². The fourth-order valence-electron chi connectivity index (χ4n) is 5.04. The molecule has 0 saturated carbocycles. The number of likely N-dealkylation sites (tertiary alicyclic amines) is 1. The van der Waals surface area contributed by atoms with Crippen LogP contribution in [0.3, 0.4) is 0 Å². The number of hydrogen-bond donors (Lipinski definition) is 1. The molecule has 1 saturated heterocycles. The van der Waals surface area contributed by atoms with E-state index in [2.05, 4.69) is 62.2 Å². The third kappa shape index (κ3) is 3.36. The highest BCUT2D eigenvalue weighted by molar-refractivity contribution is 9.10. The molecular weight excluding hydrogens is 446 g/mol. The Balaban J connectivity index is 1.31. The number of fused-ring (bicyclic) bond motifs is 2. The highest BCUT2D eigenvalue weighted by atomic mass is 79.9. The van der Waals surface area contributed by atoms with Gasteiger partial charge in [0.05, 0.1) is 5.56 Å². The molecule has 154 valence electrons. The quantitative estimate of drug-likeness (QED) is 0.591. The van der Waals surface area contributed by atoms with E-state index in [4.69, 9.17) is 4.74 Å². The maximum Gasteiger partial charge on any atom is 0.340 e. The van der Waals surface area contributed by atoms with E-state index in [1.807, 2.05) is 0 Å². The molecule has 1 aromatic carbocycles. The molecule has 0 bridgehead atoms. The van der Waals surface area contributed by atoms with Crippen LogP contribution in [0.25, 0.3) is 10.9 Å². The van der Waals surface area contributed by atoms with Gasteiger partial charge in [0, 0.05) is 58.4 Å². The molecule has 7 heteroatoms. The van der Waals surface area contributed by atoms with Crippen LogP contribution in [-0.4, -0.2) is 52.9 Å². The van der Waals surface area contributed by atoms with Crippen molar-refractivity contribution < 1.29 is 14.3 Å². The Hall–Kier alpha value is -2.51. The molecule has 1 fully saturated rings. The number of pyridine rings is 1. The predicted molar refractivity (Wildman–Crippen MR) is 116 cm³/mol. The summed E-state index contributed by atoms with van der Waals surface area (Å²) in [5, 5.41) is 1.31. The van der Waals surface area contributed by atoms with Gasteiger partial charge >= 0.3 is 5.97 Å². The molecule has 0 radical (unpaired) electrons. The number of H-pyrrole nitrogens is 1. The summed E-state index contributed by atoms with van der Waals surface area (Å²) >= 11 is 3.29. The number of hydrogen-bond acceptors (Lipinski definition) is 5. The standard InChI is InChI=1S/C23H22BrN3O3/c1-27-11-15(21(28)12-30-23(29)14-5-16(24)10-25-8-14)6-18-17-3-2-4-19-22(17)13(9-26-19)7-20(18)27/h2-5,8-10,15,18,20,26H,6-7,11-12H2,1H3/t15?,18-,20-/m1/s1. The molecule has 5 rings (SSSR count). The first kappa shape index (κ1) is 19.5. The molecular formula is C23H22BrN3O3. The van der Waals surface area contributed by atoms with Crippen LogP contribution in [0, 0.1) is 5.92 Å². The number of carbonyl (C=O) groups is 2. The molecule has 1 N–H and O–H groups in total. The first-order valence-electron chi connectivity index (χ1n) is 10.1. The summed E-state index contributed by atoms with van der Waals surface area (Å²) in [4.78, 5) is 34.8. The highest BCUT2D eigenvalue weighted by Gasteiger charge is 2.41. The average Bonchev–Trinajstić information content (AvgIpc) is 3.16. The van der Waals surface area contributed by atoms with Gasteiger partial charge in [-0.2, -0.15) is 0 Å². The minimum atomic E-state index is -0.529. The van der Waals surface area contributed by atoms with Crippen LogP contribution >= 0.6 is 15.9 Å². The number of rotatable bonds is 4. The summed E-state index contributed by atoms with van der Waals surface area (Å²) in [6.45, 7) is 0.479. The molecule has 1 aliphatic carbocycles. The van der Waals surface area contributed by atoms with Crippen molar-refractivity contribution >= 4 is 38.6 Å². The second-order valence-corrected chi connectivity index (χ2v) is 9.18. The summed E-state index contributed by atoms with van der Waals surface area (Å²) in [5.41, 5.74) is 4.17. The first-order chi connectivity index (χ1) is 14.5. The zero-order valence-corrected chi connectivity index (χ0v) is 18.2. The van der Waals surface area contributed by atoms with Crippen LogP contribution in [0.15, 0.2) is 47.3 Å². The Morgan fingerprint density at radius 2 is 2.20 bits per heavy atom. The molecule has 0 amide bonds. The topological polar surface area (TPSA) is 75.3 Å². The Morgan fingerprint density at radius 1 is 1.33 bits per heavy atom. The van der Waals surface area contributed by atoms with Crippen molar-refractivity contribution in [3.8, 4) is 0 Å². The van der Waals surface area contributed by atoms with E-state index >= 15 is 0 Å². The monoisotopic (exact) mass is 467 g/mol. The van der Waals surface area contributed by atoms with Gasteiger partial charge in [-0.1, -0.05) is 12.1 Å². The van der Waals surface area contributed by atoms with Crippen molar-refractivity contribution in [1.82, 2.24) is 14.9 Å². The smallest absolute Gasteiger partial charge is 0.340 e. The van der Waals surface area contributed by atoms with Crippen LogP contribution in [0.4, 0.5) is 0 Å². The van der Waals surface area contributed by atoms with Gasteiger partial charge in [-0.15, -0.1) is 0 Å². The number of aromatic nitrogens is 2. The summed E-state index contributed by atoms with van der Waals surface area (Å²) in [6, 6.07) is 8.40. The third-order valence-electron chi connectivity index (χ3n) is 6.47. The number of nitrogens with one attached hydrogen (secondary N) is 1. The lowest BCUT2D eigenvalue weighted by molar-refractivity contribution is -0.128. The van der Waals surface area contributed by atoms with Gasteiger partial charge in [0.1, 0.15) is 0 Å². The minimum Gasteiger partial charge on any atom is -0.454 e. The van der Waals surface area contributed by atoms with E-state index in [9.17, 15) is 9.59 Å². The fourth-order valence-corrected chi connectivity index (χ4v) is 5.40. The number of Topliss-reactive ketones (excluding diaryl/α,β-unsaturated/α-hetero) is 1. The number of ketones is 1. The zero-order valence-electron chi connectivity index (χ0n) is 16.6. The van der Waals surface area contributed by atoms with Crippen LogP contribution in [-0.2, 0) is 16.0 Å². The Morgan fingerprint density at radius 3 is 3.03 bits per heavy atom. The zero-order chi connectivity index (χ0) is 20.8. The van der Waals surface area contributed by atoms with Crippen LogP contribution in [0.2, 0.25) is 0 Å². The van der Waals surface area contributed by atoms with E-state index in [1.54, 1.807) is 12.3 Å². The molecule has 3 aromatic rings. The minimum absolute atomic E-state index is 0.0244. The summed E-state index contributed by atoms with van der Waals surface area (Å²) in [7, 11) is 2.09. The summed E-state index contributed by atoms with van der Waals surface area (Å²) < 4.78 is 5.99. The van der Waals surface area contributed by atoms with E-state index in [1.165, 1.54) is 22.7 Å².